The average molecular weight is 395 g/mol. The number of rotatable bonds is 4. The van der Waals surface area contributed by atoms with Crippen molar-refractivity contribution in [1.82, 2.24) is 14.9 Å². The van der Waals surface area contributed by atoms with Gasteiger partial charge in [-0.25, -0.2) is 9.97 Å². The van der Waals surface area contributed by atoms with Crippen molar-refractivity contribution in [2.75, 3.05) is 38.7 Å². The molecule has 3 heterocycles. The molecule has 154 valence electrons. The molecule has 0 aliphatic carbocycles. The third kappa shape index (κ3) is 4.21. The van der Waals surface area contributed by atoms with E-state index in [-0.39, 0.29) is 11.8 Å². The van der Waals surface area contributed by atoms with Crippen LogP contribution < -0.4 is 9.64 Å². The van der Waals surface area contributed by atoms with Gasteiger partial charge in [0.2, 0.25) is 5.91 Å². The molecule has 2 aromatic rings. The second kappa shape index (κ2) is 8.39. The molecule has 6 heteroatoms. The molecule has 1 saturated heterocycles. The summed E-state index contributed by atoms with van der Waals surface area (Å²) < 4.78 is 5.20. The van der Waals surface area contributed by atoms with Crippen LogP contribution >= 0.6 is 0 Å². The Morgan fingerprint density at radius 2 is 1.97 bits per heavy atom. The number of likely N-dealkylation sites (tertiary alicyclic amines) is 1. The third-order valence-corrected chi connectivity index (χ3v) is 6.14. The number of anilines is 1. The molecule has 0 unspecified atom stereocenters. The molecule has 0 saturated carbocycles. The van der Waals surface area contributed by atoms with Crippen LogP contribution in [0.25, 0.3) is 0 Å². The van der Waals surface area contributed by atoms with Crippen LogP contribution in [0.5, 0.6) is 5.75 Å². The predicted octanol–water partition coefficient (Wildman–Crippen LogP) is 3.12. The first kappa shape index (κ1) is 19.7. The van der Waals surface area contributed by atoms with Crippen LogP contribution in [0.1, 0.15) is 47.8 Å². The van der Waals surface area contributed by atoms with Crippen molar-refractivity contribution in [3.63, 3.8) is 0 Å². The highest BCUT2D eigenvalue weighted by Crippen LogP contribution is 2.31. The van der Waals surface area contributed by atoms with Crippen molar-refractivity contribution in [2.24, 2.45) is 0 Å². The van der Waals surface area contributed by atoms with Crippen LogP contribution in [0.2, 0.25) is 0 Å². The van der Waals surface area contributed by atoms with E-state index < -0.39 is 0 Å². The summed E-state index contributed by atoms with van der Waals surface area (Å²) in [7, 11) is 3.76. The largest absolute Gasteiger partial charge is 0.497 e. The molecule has 1 aromatic heterocycles. The minimum absolute atomic E-state index is 0.173. The summed E-state index contributed by atoms with van der Waals surface area (Å²) in [4.78, 5) is 26.9. The first-order valence-corrected chi connectivity index (χ1v) is 10.5. The summed E-state index contributed by atoms with van der Waals surface area (Å²) in [5.41, 5.74) is 3.39. The number of hydrogen-bond acceptors (Lipinski definition) is 5. The Morgan fingerprint density at radius 3 is 2.72 bits per heavy atom. The number of aromatic nitrogens is 2. The van der Waals surface area contributed by atoms with Crippen molar-refractivity contribution in [1.29, 1.82) is 0 Å². The Kier molecular flexibility index (Phi) is 5.69. The second-order valence-electron chi connectivity index (χ2n) is 8.20. The van der Waals surface area contributed by atoms with Crippen molar-refractivity contribution in [2.45, 2.75) is 44.9 Å². The Morgan fingerprint density at radius 1 is 1.17 bits per heavy atom. The maximum atomic E-state index is 12.9. The number of hydrogen-bond donors (Lipinski definition) is 0. The Labute approximate surface area is 172 Å². The normalized spacial score (nSPS) is 19.1. The van der Waals surface area contributed by atoms with Crippen molar-refractivity contribution in [3.05, 3.63) is 46.9 Å². The first-order valence-electron chi connectivity index (χ1n) is 10.5. The molecular formula is C23H30N4O2. The number of benzene rings is 1. The summed E-state index contributed by atoms with van der Waals surface area (Å²) >= 11 is 0. The van der Waals surface area contributed by atoms with Crippen molar-refractivity contribution in [3.8, 4) is 5.75 Å². The highest BCUT2D eigenvalue weighted by atomic mass is 16.5. The summed E-state index contributed by atoms with van der Waals surface area (Å²) in [6, 6.07) is 7.73. The molecule has 6 nitrogen and oxygen atoms in total. The van der Waals surface area contributed by atoms with Gasteiger partial charge in [0.25, 0.3) is 0 Å². The molecule has 0 radical (unpaired) electrons. The number of ether oxygens (including phenoxy) is 1. The molecule has 1 amide bonds. The fourth-order valence-corrected chi connectivity index (χ4v) is 4.44. The number of methoxy groups -OCH3 is 1. The lowest BCUT2D eigenvalue weighted by Crippen LogP contribution is -2.40. The van der Waals surface area contributed by atoms with Gasteiger partial charge in [0, 0.05) is 43.9 Å². The highest BCUT2D eigenvalue weighted by Gasteiger charge is 2.28. The van der Waals surface area contributed by atoms with E-state index in [2.05, 4.69) is 18.9 Å². The van der Waals surface area contributed by atoms with Gasteiger partial charge in [-0.1, -0.05) is 12.1 Å². The number of fused-ring (bicyclic) bond motifs is 1. The van der Waals surface area contributed by atoms with Gasteiger partial charge in [-0.15, -0.1) is 0 Å². The summed E-state index contributed by atoms with van der Waals surface area (Å²) in [5, 5.41) is 0. The molecule has 0 spiro atoms. The molecule has 1 fully saturated rings. The lowest BCUT2D eigenvalue weighted by molar-refractivity contribution is -0.131. The molecule has 0 bridgehead atoms. The van der Waals surface area contributed by atoms with Gasteiger partial charge in [-0.05, 0) is 50.3 Å². The van der Waals surface area contributed by atoms with Gasteiger partial charge < -0.3 is 14.5 Å². The van der Waals surface area contributed by atoms with Gasteiger partial charge in [-0.2, -0.15) is 0 Å². The topological polar surface area (TPSA) is 58.6 Å². The fourth-order valence-electron chi connectivity index (χ4n) is 4.44. The summed E-state index contributed by atoms with van der Waals surface area (Å²) in [5.74, 6) is 3.18. The van der Waals surface area contributed by atoms with Gasteiger partial charge >= 0.3 is 0 Å². The van der Waals surface area contributed by atoms with Crippen LogP contribution in [-0.4, -0.2) is 54.6 Å². The number of carbonyl (C=O) groups excluding carboxylic acids is 1. The van der Waals surface area contributed by atoms with E-state index in [1.54, 1.807) is 7.11 Å². The first-order chi connectivity index (χ1) is 14.0. The third-order valence-electron chi connectivity index (χ3n) is 6.14. The second-order valence-corrected chi connectivity index (χ2v) is 8.20. The van der Waals surface area contributed by atoms with E-state index in [0.29, 0.717) is 13.0 Å². The van der Waals surface area contributed by atoms with Gasteiger partial charge in [0.1, 0.15) is 17.4 Å². The number of piperidine rings is 1. The maximum absolute atomic E-state index is 12.9. The molecular weight excluding hydrogens is 364 g/mol. The minimum atomic E-state index is 0.173. The van der Waals surface area contributed by atoms with Crippen molar-refractivity contribution >= 4 is 11.7 Å². The SMILES string of the molecule is COc1ccc(CC(=O)N2CCC[C@@H](c3nc(C)c4c(n3)N(C)CCC4)C2)cc1. The van der Waals surface area contributed by atoms with Gasteiger partial charge in [0.15, 0.2) is 0 Å². The zero-order chi connectivity index (χ0) is 20.4. The number of carbonyl (C=O) groups is 1. The molecule has 2 aliphatic heterocycles. The zero-order valence-electron chi connectivity index (χ0n) is 17.6. The Hall–Kier alpha value is -2.63. The van der Waals surface area contributed by atoms with Crippen LogP contribution in [0.15, 0.2) is 24.3 Å². The summed E-state index contributed by atoms with van der Waals surface area (Å²) in [6.07, 6.45) is 4.67. The average Bonchev–Trinajstić information content (AvgIpc) is 2.75. The van der Waals surface area contributed by atoms with E-state index in [0.717, 1.165) is 67.4 Å². The van der Waals surface area contributed by atoms with E-state index in [4.69, 9.17) is 14.7 Å². The maximum Gasteiger partial charge on any atom is 0.227 e. The van der Waals surface area contributed by atoms with Crippen LogP contribution in [0.4, 0.5) is 5.82 Å². The van der Waals surface area contributed by atoms with E-state index in [1.807, 2.05) is 29.2 Å². The van der Waals surface area contributed by atoms with Gasteiger partial charge in [0.05, 0.1) is 13.5 Å². The smallest absolute Gasteiger partial charge is 0.227 e. The lowest BCUT2D eigenvalue weighted by atomic mass is 9.95. The van der Waals surface area contributed by atoms with Gasteiger partial charge in [-0.3, -0.25) is 4.79 Å². The Balaban J connectivity index is 1.47. The number of aryl methyl sites for hydroxylation is 1. The quantitative estimate of drug-likeness (QED) is 0.797. The number of nitrogens with zero attached hydrogens (tertiary/aromatic N) is 4. The minimum Gasteiger partial charge on any atom is -0.497 e. The monoisotopic (exact) mass is 394 g/mol. The molecule has 2 aliphatic rings. The van der Waals surface area contributed by atoms with E-state index >= 15 is 0 Å². The van der Waals surface area contributed by atoms with Crippen LogP contribution in [-0.2, 0) is 17.6 Å². The van der Waals surface area contributed by atoms with E-state index in [9.17, 15) is 4.79 Å². The molecule has 1 aromatic carbocycles. The standard InChI is InChI=1S/C23H30N4O2/c1-16-20-7-5-12-26(2)23(20)25-22(24-16)18-6-4-13-27(15-18)21(28)14-17-8-10-19(29-3)11-9-17/h8-11,18H,4-7,12-15H2,1-3H3/t18-/m1/s1. The summed E-state index contributed by atoms with van der Waals surface area (Å²) in [6.45, 7) is 4.66. The highest BCUT2D eigenvalue weighted by molar-refractivity contribution is 5.79. The molecule has 4 rings (SSSR count). The fraction of sp³-hybridized carbons (Fsp3) is 0.522. The Bertz CT molecular complexity index is 881. The molecule has 29 heavy (non-hydrogen) atoms. The van der Waals surface area contributed by atoms with E-state index in [1.165, 1.54) is 5.56 Å². The van der Waals surface area contributed by atoms with Crippen LogP contribution in [0.3, 0.4) is 0 Å². The van der Waals surface area contributed by atoms with Crippen LogP contribution in [0, 0.1) is 6.92 Å². The molecule has 0 N–H and O–H groups in total. The zero-order valence-corrected chi connectivity index (χ0v) is 17.6. The predicted molar refractivity (Wildman–Crippen MR) is 114 cm³/mol. The molecule has 1 atom stereocenters. The number of amides is 1. The van der Waals surface area contributed by atoms with Crippen molar-refractivity contribution < 1.29 is 9.53 Å². The lowest BCUT2D eigenvalue weighted by Gasteiger charge is -2.33.